The zero-order valence-electron chi connectivity index (χ0n) is 44.8. The molecule has 11 atom stereocenters. The van der Waals surface area contributed by atoms with Gasteiger partial charge in [-0.2, -0.15) is 0 Å². The number of aliphatic hydroxyl groups excluding tert-OH is 1. The molecular weight excluding hydrogens is 1000 g/mol. The molecule has 5 rings (SSSR count). The summed E-state index contributed by atoms with van der Waals surface area (Å²) < 4.78 is 0. The maximum atomic E-state index is 14.6. The van der Waals surface area contributed by atoms with Crippen molar-refractivity contribution in [2.45, 2.75) is 160 Å². The van der Waals surface area contributed by atoms with Gasteiger partial charge in [-0.25, -0.2) is 9.78 Å². The zero-order valence-corrected chi connectivity index (χ0v) is 44.8. The number of hydrogen-bond donors (Lipinski definition) is 12. The monoisotopic (exact) mass is 1080 g/mol. The fourth-order valence-electron chi connectivity index (χ4n) is 9.70. The number of nitrogens with one attached hydrogen (secondary N) is 9. The van der Waals surface area contributed by atoms with Gasteiger partial charge in [-0.15, -0.1) is 0 Å². The fraction of sp³-hybridized carbons (Fsp3) is 0.635. The quantitative estimate of drug-likeness (QED) is 0.0484. The van der Waals surface area contributed by atoms with Crippen LogP contribution < -0.4 is 42.5 Å². The molecular formula is C52H78N12O13. The number of H-pyrrole nitrogens is 1. The first-order valence-electron chi connectivity index (χ1n) is 26.7. The number of nitrogens with zero attached hydrogens (tertiary/aromatic N) is 3. The first-order valence-corrected chi connectivity index (χ1v) is 26.7. The Kier molecular flexibility index (Phi) is 22.7. The fourth-order valence-corrected chi connectivity index (χ4v) is 9.70. The maximum absolute atomic E-state index is 14.6. The molecule has 0 aliphatic carbocycles. The van der Waals surface area contributed by atoms with E-state index in [1.54, 1.807) is 34.6 Å². The smallest absolute Gasteiger partial charge is 0.326 e. The molecule has 77 heavy (non-hydrogen) atoms. The normalized spacial score (nSPS) is 20.3. The number of carboxylic acids is 1. The Morgan fingerprint density at radius 3 is 1.82 bits per heavy atom. The van der Waals surface area contributed by atoms with Crippen molar-refractivity contribution < 1.29 is 63.3 Å². The minimum absolute atomic E-state index is 0.0123. The number of amides is 9. The summed E-state index contributed by atoms with van der Waals surface area (Å²) in [6.07, 6.45) is 6.26. The highest BCUT2D eigenvalue weighted by atomic mass is 16.4. The molecule has 1 aromatic carbocycles. The zero-order chi connectivity index (χ0) is 56.5. The van der Waals surface area contributed by atoms with Gasteiger partial charge >= 0.3 is 5.97 Å². The number of carbonyl (C=O) groups excluding carboxylic acids is 9. The summed E-state index contributed by atoms with van der Waals surface area (Å²) in [5, 5.41) is 51.0. The molecule has 4 heterocycles. The third-order valence-electron chi connectivity index (χ3n) is 14.7. The van der Waals surface area contributed by atoms with Crippen LogP contribution in [0.1, 0.15) is 104 Å². The molecule has 424 valence electrons. The van der Waals surface area contributed by atoms with Crippen LogP contribution in [0.2, 0.25) is 0 Å². The molecule has 12 N–H and O–H groups in total. The van der Waals surface area contributed by atoms with Crippen molar-refractivity contribution in [2.75, 3.05) is 32.8 Å². The Morgan fingerprint density at radius 2 is 1.27 bits per heavy atom. The van der Waals surface area contributed by atoms with E-state index in [1.807, 2.05) is 6.92 Å². The van der Waals surface area contributed by atoms with E-state index in [2.05, 4.69) is 52.5 Å². The van der Waals surface area contributed by atoms with Crippen molar-refractivity contribution in [1.29, 1.82) is 0 Å². The summed E-state index contributed by atoms with van der Waals surface area (Å²) in [5.74, 6) is -8.61. The molecule has 0 saturated carbocycles. The first-order chi connectivity index (χ1) is 36.7. The summed E-state index contributed by atoms with van der Waals surface area (Å²) in [5.41, 5.74) is 1.01. The lowest BCUT2D eigenvalue weighted by atomic mass is 9.96. The Balaban J connectivity index is 1.24. The van der Waals surface area contributed by atoms with Gasteiger partial charge in [0.1, 0.15) is 54.1 Å². The highest BCUT2D eigenvalue weighted by molar-refractivity contribution is 5.99. The van der Waals surface area contributed by atoms with E-state index in [9.17, 15) is 63.3 Å². The van der Waals surface area contributed by atoms with E-state index in [0.29, 0.717) is 49.9 Å². The van der Waals surface area contributed by atoms with Gasteiger partial charge in [-0.1, -0.05) is 66.5 Å². The highest BCUT2D eigenvalue weighted by Crippen LogP contribution is 2.24. The molecule has 3 aliphatic rings. The van der Waals surface area contributed by atoms with E-state index < -0.39 is 144 Å². The number of aromatic hydroxyl groups is 1. The largest absolute Gasteiger partial charge is 0.508 e. The van der Waals surface area contributed by atoms with Gasteiger partial charge in [-0.3, -0.25) is 43.2 Å². The number of aliphatic hydroxyl groups is 1. The number of aliphatic carboxylic acids is 1. The minimum Gasteiger partial charge on any atom is -0.508 e. The van der Waals surface area contributed by atoms with E-state index in [4.69, 9.17) is 0 Å². The van der Waals surface area contributed by atoms with Crippen LogP contribution in [0.15, 0.2) is 36.8 Å². The number of hydrogen-bond acceptors (Lipinski definition) is 14. The van der Waals surface area contributed by atoms with Gasteiger partial charge in [-0.05, 0) is 80.5 Å². The SMILES string of the molecule is CC[C@H](C)[C@H](NC(=O)[C@@H]1CCCN1C(=O)[C@H](Cc1cnc[nH]1)NC(=O)[C@@H](NC(=O)[C@@H]1CCCN1C(=O)[C@@H](NC(=O)[C@H](CO)NC(=O)[C@@H]1CCCN1)[C@@H](C)CC)C(C)C)C(=O)NCC(=O)N[C@@H](Cc1ccc(O)cc1)C(=O)O. The molecule has 0 spiro atoms. The minimum atomic E-state index is -1.34. The molecule has 25 heteroatoms. The van der Waals surface area contributed by atoms with Gasteiger partial charge < -0.3 is 72.6 Å². The van der Waals surface area contributed by atoms with E-state index in [0.717, 1.165) is 6.42 Å². The standard InChI is InChI=1S/C52H78N12O13/c1-7-29(5)42(48(72)55-25-40(67)57-36(52(76)77)22-31-15-17-33(66)18-16-31)61-47(71)38-13-10-20-63(38)50(74)35(23-32-24-53-27-56-32)58-49(73)41(28(3)4)60-46(70)39-14-11-21-64(39)51(75)43(30(6)8-2)62-45(69)37(26-65)59-44(68)34-12-9-19-54-34/h15-18,24,27-30,34-39,41-43,54,65-66H,7-14,19-23,25-26H2,1-6H3,(H,53,56)(H,55,72)(H,57,67)(H,58,73)(H,59,68)(H,60,70)(H,61,71)(H,62,69)(H,76,77)/t29-,30-,34-,35-,36-,37-,38-,39-,41-,42-,43-/m0/s1. The molecule has 1 aromatic heterocycles. The number of phenolic OH excluding ortho intramolecular Hbond substituents is 1. The first kappa shape index (κ1) is 60.7. The molecule has 0 unspecified atom stereocenters. The number of aromatic amines is 1. The van der Waals surface area contributed by atoms with Crippen LogP contribution in [0.25, 0.3) is 0 Å². The molecule has 0 bridgehead atoms. The summed E-state index contributed by atoms with van der Waals surface area (Å²) in [6.45, 7) is 10.2. The van der Waals surface area contributed by atoms with Crippen molar-refractivity contribution in [1.82, 2.24) is 62.3 Å². The lowest BCUT2D eigenvalue weighted by Gasteiger charge is -2.33. The van der Waals surface area contributed by atoms with E-state index in [-0.39, 0.29) is 44.5 Å². The lowest BCUT2D eigenvalue weighted by molar-refractivity contribution is -0.144. The Hall–Kier alpha value is -7.15. The number of carboxylic acid groups (broad SMARTS) is 1. The van der Waals surface area contributed by atoms with Crippen LogP contribution in [0.4, 0.5) is 0 Å². The number of imidazole rings is 1. The van der Waals surface area contributed by atoms with Crippen LogP contribution in [0.5, 0.6) is 5.75 Å². The Morgan fingerprint density at radius 1 is 0.662 bits per heavy atom. The predicted molar refractivity (Wildman–Crippen MR) is 278 cm³/mol. The second-order valence-electron chi connectivity index (χ2n) is 20.6. The third kappa shape index (κ3) is 16.7. The van der Waals surface area contributed by atoms with Crippen LogP contribution in [-0.4, -0.2) is 181 Å². The predicted octanol–water partition coefficient (Wildman–Crippen LogP) is -1.52. The summed E-state index contributed by atoms with van der Waals surface area (Å²) in [7, 11) is 0. The van der Waals surface area contributed by atoms with Crippen LogP contribution in [0.3, 0.4) is 0 Å². The number of aromatic nitrogens is 2. The Bertz CT molecular complexity index is 2380. The van der Waals surface area contributed by atoms with Gasteiger partial charge in [0.2, 0.25) is 53.2 Å². The number of benzene rings is 1. The number of carbonyl (C=O) groups is 10. The van der Waals surface area contributed by atoms with Gasteiger partial charge in [0.05, 0.1) is 25.5 Å². The molecule has 9 amide bonds. The molecule has 0 radical (unpaired) electrons. The van der Waals surface area contributed by atoms with Crippen LogP contribution in [0, 0.1) is 17.8 Å². The Labute approximate surface area is 448 Å². The summed E-state index contributed by atoms with van der Waals surface area (Å²) in [6, 6.07) is -4.25. The van der Waals surface area contributed by atoms with Crippen molar-refractivity contribution in [2.24, 2.45) is 17.8 Å². The van der Waals surface area contributed by atoms with Gasteiger partial charge in [0.25, 0.3) is 0 Å². The number of rotatable bonds is 27. The summed E-state index contributed by atoms with van der Waals surface area (Å²) in [4.78, 5) is 146. The molecule has 3 saturated heterocycles. The van der Waals surface area contributed by atoms with E-state index in [1.165, 1.54) is 46.6 Å². The third-order valence-corrected chi connectivity index (χ3v) is 14.7. The highest BCUT2D eigenvalue weighted by Gasteiger charge is 2.44. The van der Waals surface area contributed by atoms with Gasteiger partial charge in [0.15, 0.2) is 0 Å². The van der Waals surface area contributed by atoms with Crippen LogP contribution in [-0.2, 0) is 60.8 Å². The van der Waals surface area contributed by atoms with E-state index >= 15 is 0 Å². The van der Waals surface area contributed by atoms with Gasteiger partial charge in [0, 0.05) is 37.8 Å². The topological polar surface area (TPSA) is 363 Å². The average Bonchev–Trinajstić information content (AvgIpc) is 4.28. The maximum Gasteiger partial charge on any atom is 0.326 e. The van der Waals surface area contributed by atoms with Crippen molar-refractivity contribution >= 4 is 59.1 Å². The summed E-state index contributed by atoms with van der Waals surface area (Å²) >= 11 is 0. The molecule has 25 nitrogen and oxygen atoms in total. The second kappa shape index (κ2) is 28.8. The second-order valence-corrected chi connectivity index (χ2v) is 20.6. The molecule has 3 fully saturated rings. The lowest BCUT2D eigenvalue weighted by Crippen LogP contribution is -2.61. The molecule has 3 aliphatic heterocycles. The molecule has 2 aromatic rings. The number of likely N-dealkylation sites (tertiary alicyclic amines) is 2. The van der Waals surface area contributed by atoms with Crippen LogP contribution >= 0.6 is 0 Å². The average molecular weight is 1080 g/mol. The van der Waals surface area contributed by atoms with Crippen molar-refractivity contribution in [3.8, 4) is 5.75 Å². The number of phenols is 1. The van der Waals surface area contributed by atoms with Crippen molar-refractivity contribution in [3.63, 3.8) is 0 Å². The van der Waals surface area contributed by atoms with Crippen molar-refractivity contribution in [3.05, 3.63) is 48.0 Å².